The van der Waals surface area contributed by atoms with Gasteiger partial charge in [-0.2, -0.15) is 0 Å². The molecule has 0 heterocycles. The maximum atomic E-state index is 13.0. The first-order valence-corrected chi connectivity index (χ1v) is 4.48. The monoisotopic (exact) mass is 195 g/mol. The number of aldehydes is 1. The first-order valence-electron chi connectivity index (χ1n) is 4.48. The zero-order valence-electron chi connectivity index (χ0n) is 8.62. The molecule has 0 spiro atoms. The second-order valence-corrected chi connectivity index (χ2v) is 3.52. The van der Waals surface area contributed by atoms with Crippen LogP contribution in [0.25, 0.3) is 0 Å². The lowest BCUT2D eigenvalue weighted by atomic mass is 10.00. The van der Waals surface area contributed by atoms with Crippen LogP contribution in [0.1, 0.15) is 18.4 Å². The maximum Gasteiger partial charge on any atom is 0.127 e. The lowest BCUT2D eigenvalue weighted by Gasteiger charge is -2.18. The Morgan fingerprint density at radius 1 is 1.43 bits per heavy atom. The van der Waals surface area contributed by atoms with Gasteiger partial charge in [0.15, 0.2) is 0 Å². The predicted molar refractivity (Wildman–Crippen MR) is 55.2 cm³/mol. The largest absolute Gasteiger partial charge is 0.377 e. The highest BCUT2D eigenvalue weighted by molar-refractivity contribution is 5.68. The van der Waals surface area contributed by atoms with Gasteiger partial charge in [-0.05, 0) is 23.8 Å². The SMILES string of the molecule is CC(C=O)c1cc(F)ccc1N(C)C. The highest BCUT2D eigenvalue weighted by atomic mass is 19.1. The Morgan fingerprint density at radius 2 is 2.07 bits per heavy atom. The molecule has 76 valence electrons. The lowest BCUT2D eigenvalue weighted by molar-refractivity contribution is -0.108. The third-order valence-corrected chi connectivity index (χ3v) is 2.17. The van der Waals surface area contributed by atoms with Crippen LogP contribution in [-0.2, 0) is 4.79 Å². The van der Waals surface area contributed by atoms with Crippen LogP contribution in [0.3, 0.4) is 0 Å². The quantitative estimate of drug-likeness (QED) is 0.689. The van der Waals surface area contributed by atoms with Gasteiger partial charge in [0.2, 0.25) is 0 Å². The van der Waals surface area contributed by atoms with E-state index in [0.29, 0.717) is 0 Å². The Bertz CT molecular complexity index is 336. The third-order valence-electron chi connectivity index (χ3n) is 2.17. The topological polar surface area (TPSA) is 20.3 Å². The first-order chi connectivity index (χ1) is 6.56. The number of hydrogen-bond acceptors (Lipinski definition) is 2. The molecular formula is C11H14FNO. The molecule has 14 heavy (non-hydrogen) atoms. The van der Waals surface area contributed by atoms with Crippen LogP contribution in [0, 0.1) is 5.82 Å². The van der Waals surface area contributed by atoms with Crippen LogP contribution in [0.4, 0.5) is 10.1 Å². The van der Waals surface area contributed by atoms with E-state index >= 15 is 0 Å². The fourth-order valence-electron chi connectivity index (χ4n) is 1.37. The molecule has 0 radical (unpaired) electrons. The van der Waals surface area contributed by atoms with Gasteiger partial charge >= 0.3 is 0 Å². The molecule has 0 aliphatic carbocycles. The molecule has 1 atom stereocenters. The highest BCUT2D eigenvalue weighted by Gasteiger charge is 2.11. The summed E-state index contributed by atoms with van der Waals surface area (Å²) in [5, 5.41) is 0. The summed E-state index contributed by atoms with van der Waals surface area (Å²) in [5.41, 5.74) is 1.61. The lowest BCUT2D eigenvalue weighted by Crippen LogP contribution is -2.13. The minimum Gasteiger partial charge on any atom is -0.377 e. The van der Waals surface area contributed by atoms with Crippen LogP contribution in [0.2, 0.25) is 0 Å². The Labute approximate surface area is 83.3 Å². The van der Waals surface area contributed by atoms with E-state index in [9.17, 15) is 9.18 Å². The van der Waals surface area contributed by atoms with Gasteiger partial charge in [0.25, 0.3) is 0 Å². The van der Waals surface area contributed by atoms with Gasteiger partial charge in [0.1, 0.15) is 12.1 Å². The summed E-state index contributed by atoms with van der Waals surface area (Å²) >= 11 is 0. The number of carbonyl (C=O) groups excluding carboxylic acids is 1. The summed E-state index contributed by atoms with van der Waals surface area (Å²) in [6.07, 6.45) is 0.821. The number of rotatable bonds is 3. The zero-order chi connectivity index (χ0) is 10.7. The van der Waals surface area contributed by atoms with Crippen molar-refractivity contribution in [2.24, 2.45) is 0 Å². The number of benzene rings is 1. The first kappa shape index (κ1) is 10.7. The standard InChI is InChI=1S/C11H14FNO/c1-8(7-14)10-6-9(12)4-5-11(10)13(2)3/h4-8H,1-3H3. The molecule has 0 fully saturated rings. The van der Waals surface area contributed by atoms with E-state index in [1.54, 1.807) is 13.0 Å². The molecule has 0 amide bonds. The van der Waals surface area contributed by atoms with Crippen LogP contribution >= 0.6 is 0 Å². The molecule has 2 nitrogen and oxygen atoms in total. The Morgan fingerprint density at radius 3 is 2.57 bits per heavy atom. The summed E-state index contributed by atoms with van der Waals surface area (Å²) in [5.74, 6) is -0.581. The summed E-state index contributed by atoms with van der Waals surface area (Å²) in [7, 11) is 3.74. The van der Waals surface area contributed by atoms with E-state index in [1.807, 2.05) is 19.0 Å². The molecule has 0 saturated carbocycles. The minimum absolute atomic E-state index is 0.275. The van der Waals surface area contributed by atoms with Crippen molar-refractivity contribution in [2.75, 3.05) is 19.0 Å². The van der Waals surface area contributed by atoms with Crippen LogP contribution in [0.5, 0.6) is 0 Å². The van der Waals surface area contributed by atoms with Crippen molar-refractivity contribution in [2.45, 2.75) is 12.8 Å². The van der Waals surface area contributed by atoms with Crippen molar-refractivity contribution in [3.63, 3.8) is 0 Å². The predicted octanol–water partition coefficient (Wildman–Crippen LogP) is 2.19. The summed E-state index contributed by atoms with van der Waals surface area (Å²) in [6, 6.07) is 4.50. The van der Waals surface area contributed by atoms with Crippen LogP contribution < -0.4 is 4.90 Å². The summed E-state index contributed by atoms with van der Waals surface area (Å²) < 4.78 is 13.0. The fraction of sp³-hybridized carbons (Fsp3) is 0.364. The number of hydrogen-bond donors (Lipinski definition) is 0. The van der Waals surface area contributed by atoms with E-state index < -0.39 is 0 Å². The molecule has 0 N–H and O–H groups in total. The van der Waals surface area contributed by atoms with Crippen molar-refractivity contribution in [1.82, 2.24) is 0 Å². The number of nitrogens with zero attached hydrogens (tertiary/aromatic N) is 1. The minimum atomic E-state index is -0.306. The Hall–Kier alpha value is -1.38. The van der Waals surface area contributed by atoms with Crippen molar-refractivity contribution in [3.8, 4) is 0 Å². The van der Waals surface area contributed by atoms with Gasteiger partial charge in [-0.1, -0.05) is 6.92 Å². The fourth-order valence-corrected chi connectivity index (χ4v) is 1.37. The zero-order valence-corrected chi connectivity index (χ0v) is 8.62. The van der Waals surface area contributed by atoms with Gasteiger partial charge in [-0.3, -0.25) is 0 Å². The van der Waals surface area contributed by atoms with Crippen LogP contribution in [0.15, 0.2) is 18.2 Å². The van der Waals surface area contributed by atoms with E-state index in [4.69, 9.17) is 0 Å². The second kappa shape index (κ2) is 4.22. The summed E-state index contributed by atoms with van der Waals surface area (Å²) in [6.45, 7) is 1.76. The van der Waals surface area contributed by atoms with Crippen molar-refractivity contribution in [1.29, 1.82) is 0 Å². The number of halogens is 1. The van der Waals surface area contributed by atoms with Gasteiger partial charge in [-0.25, -0.2) is 4.39 Å². The van der Waals surface area contributed by atoms with Crippen molar-refractivity contribution < 1.29 is 9.18 Å². The second-order valence-electron chi connectivity index (χ2n) is 3.52. The molecule has 0 saturated heterocycles. The molecule has 0 aliphatic rings. The van der Waals surface area contributed by atoms with Crippen molar-refractivity contribution in [3.05, 3.63) is 29.6 Å². The molecule has 3 heteroatoms. The van der Waals surface area contributed by atoms with Gasteiger partial charge < -0.3 is 9.69 Å². The summed E-state index contributed by atoms with van der Waals surface area (Å²) in [4.78, 5) is 12.5. The van der Waals surface area contributed by atoms with Crippen LogP contribution in [-0.4, -0.2) is 20.4 Å². The molecule has 1 rings (SSSR count). The average Bonchev–Trinajstić information content (AvgIpc) is 2.16. The van der Waals surface area contributed by atoms with Gasteiger partial charge in [0, 0.05) is 25.7 Å². The van der Waals surface area contributed by atoms with Gasteiger partial charge in [-0.15, -0.1) is 0 Å². The normalized spacial score (nSPS) is 12.3. The molecule has 1 unspecified atom stereocenters. The van der Waals surface area contributed by atoms with E-state index in [0.717, 1.165) is 17.5 Å². The molecule has 0 bridgehead atoms. The average molecular weight is 195 g/mol. The molecule has 0 aliphatic heterocycles. The Balaban J connectivity index is 3.22. The third kappa shape index (κ3) is 2.10. The number of anilines is 1. The highest BCUT2D eigenvalue weighted by Crippen LogP contribution is 2.25. The molecular weight excluding hydrogens is 181 g/mol. The van der Waals surface area contributed by atoms with E-state index in [1.165, 1.54) is 12.1 Å². The van der Waals surface area contributed by atoms with Crippen molar-refractivity contribution >= 4 is 12.0 Å². The molecule has 1 aromatic carbocycles. The smallest absolute Gasteiger partial charge is 0.127 e. The van der Waals surface area contributed by atoms with E-state index in [-0.39, 0.29) is 11.7 Å². The number of carbonyl (C=O) groups is 1. The molecule has 1 aromatic rings. The molecule has 0 aromatic heterocycles. The van der Waals surface area contributed by atoms with E-state index in [2.05, 4.69) is 0 Å². The Kier molecular flexibility index (Phi) is 3.23. The maximum absolute atomic E-state index is 13.0. The van der Waals surface area contributed by atoms with Gasteiger partial charge in [0.05, 0.1) is 0 Å².